The van der Waals surface area contributed by atoms with Gasteiger partial charge in [0.15, 0.2) is 5.78 Å². The largest absolute Gasteiger partial charge is 0.294 e. The Morgan fingerprint density at radius 2 is 1.78 bits per heavy atom. The molecule has 0 aliphatic carbocycles. The van der Waals surface area contributed by atoms with Gasteiger partial charge in [-0.2, -0.15) is 0 Å². The summed E-state index contributed by atoms with van der Waals surface area (Å²) in [6.45, 7) is 0. The third kappa shape index (κ3) is 2.56. The number of nitrogens with zero attached hydrogens (tertiary/aromatic N) is 1. The molecule has 0 saturated carbocycles. The number of carbonyl (C=O) groups excluding carboxylic acids is 1. The van der Waals surface area contributed by atoms with Crippen molar-refractivity contribution in [2.45, 2.75) is 6.42 Å². The molecule has 1 heterocycles. The van der Waals surface area contributed by atoms with Crippen molar-refractivity contribution in [2.75, 3.05) is 0 Å². The quantitative estimate of drug-likeness (QED) is 0.785. The van der Waals surface area contributed by atoms with Crippen LogP contribution in [0.5, 0.6) is 0 Å². The van der Waals surface area contributed by atoms with Gasteiger partial charge in [0, 0.05) is 23.7 Å². The van der Waals surface area contributed by atoms with Gasteiger partial charge in [0.25, 0.3) is 0 Å². The molecule has 0 bridgehead atoms. The van der Waals surface area contributed by atoms with Gasteiger partial charge in [0.2, 0.25) is 0 Å². The summed E-state index contributed by atoms with van der Waals surface area (Å²) in [5.74, 6) is -2.86. The zero-order chi connectivity index (χ0) is 13.1. The smallest absolute Gasteiger partial charge is 0.169 e. The van der Waals surface area contributed by atoms with E-state index in [0.29, 0.717) is 0 Å². The minimum atomic E-state index is -0.798. The minimum Gasteiger partial charge on any atom is -0.294 e. The molecular weight excluding hydrogens is 243 g/mol. The highest BCUT2D eigenvalue weighted by Crippen LogP contribution is 2.15. The van der Waals surface area contributed by atoms with Crippen molar-refractivity contribution in [3.63, 3.8) is 0 Å². The summed E-state index contributed by atoms with van der Waals surface area (Å²) < 4.78 is 39.5. The third-order valence-electron chi connectivity index (χ3n) is 2.43. The lowest BCUT2D eigenvalue weighted by molar-refractivity contribution is 0.0989. The van der Waals surface area contributed by atoms with E-state index >= 15 is 0 Å². The highest BCUT2D eigenvalue weighted by Gasteiger charge is 2.15. The van der Waals surface area contributed by atoms with E-state index in [-0.39, 0.29) is 11.1 Å². The Balaban J connectivity index is 2.27. The standard InChI is InChI=1S/C13H8F3NO/c14-9-4-8(6-17-7-9)13(18)5-10-11(15)2-1-3-12(10)16/h1-4,6-7H,5H2. The summed E-state index contributed by atoms with van der Waals surface area (Å²) in [6, 6.07) is 4.32. The number of ketones is 1. The van der Waals surface area contributed by atoms with Crippen LogP contribution < -0.4 is 0 Å². The Kier molecular flexibility index (Phi) is 3.41. The zero-order valence-electron chi connectivity index (χ0n) is 9.16. The lowest BCUT2D eigenvalue weighted by atomic mass is 10.0. The maximum atomic E-state index is 13.3. The van der Waals surface area contributed by atoms with Crippen molar-refractivity contribution >= 4 is 5.78 Å². The molecule has 0 aliphatic heterocycles. The second-order valence-electron chi connectivity index (χ2n) is 3.69. The average Bonchev–Trinajstić information content (AvgIpc) is 2.34. The minimum absolute atomic E-state index is 0.0161. The summed E-state index contributed by atoms with van der Waals surface area (Å²) in [5, 5.41) is 0. The summed E-state index contributed by atoms with van der Waals surface area (Å²) >= 11 is 0. The van der Waals surface area contributed by atoms with Gasteiger partial charge in [-0.15, -0.1) is 0 Å². The molecule has 0 amide bonds. The number of rotatable bonds is 3. The molecule has 0 N–H and O–H groups in total. The molecule has 0 atom stereocenters. The van der Waals surface area contributed by atoms with Crippen molar-refractivity contribution < 1.29 is 18.0 Å². The number of carbonyl (C=O) groups is 1. The van der Waals surface area contributed by atoms with Gasteiger partial charge in [0.05, 0.1) is 6.20 Å². The Morgan fingerprint density at radius 1 is 1.11 bits per heavy atom. The summed E-state index contributed by atoms with van der Waals surface area (Å²) in [4.78, 5) is 15.2. The van der Waals surface area contributed by atoms with Crippen molar-refractivity contribution in [3.05, 3.63) is 65.2 Å². The second-order valence-corrected chi connectivity index (χ2v) is 3.69. The van der Waals surface area contributed by atoms with E-state index in [1.165, 1.54) is 6.07 Å². The number of Topliss-reactive ketones (excluding diaryl/α,β-unsaturated/α-hetero) is 1. The fourth-order valence-corrected chi connectivity index (χ4v) is 1.53. The Hall–Kier alpha value is -2.17. The maximum Gasteiger partial charge on any atom is 0.169 e. The molecule has 1 aromatic carbocycles. The number of pyridine rings is 1. The first-order valence-corrected chi connectivity index (χ1v) is 5.14. The molecule has 0 radical (unpaired) electrons. The molecule has 2 aromatic rings. The van der Waals surface area contributed by atoms with Gasteiger partial charge >= 0.3 is 0 Å². The number of hydrogen-bond donors (Lipinski definition) is 0. The van der Waals surface area contributed by atoms with Gasteiger partial charge in [-0.1, -0.05) is 6.07 Å². The first kappa shape index (κ1) is 12.3. The van der Waals surface area contributed by atoms with Crippen molar-refractivity contribution in [1.82, 2.24) is 4.98 Å². The Bertz CT molecular complexity index is 578. The van der Waals surface area contributed by atoms with E-state index in [4.69, 9.17) is 0 Å². The Morgan fingerprint density at radius 3 is 2.39 bits per heavy atom. The predicted octanol–water partition coefficient (Wildman–Crippen LogP) is 2.92. The maximum absolute atomic E-state index is 13.3. The molecule has 1 aromatic heterocycles. The summed E-state index contributed by atoms with van der Waals surface area (Å²) in [6.07, 6.45) is 1.63. The van der Waals surface area contributed by atoms with Crippen molar-refractivity contribution in [1.29, 1.82) is 0 Å². The molecule has 0 spiro atoms. The number of aromatic nitrogens is 1. The highest BCUT2D eigenvalue weighted by molar-refractivity contribution is 5.97. The van der Waals surface area contributed by atoms with Crippen LogP contribution in [-0.2, 0) is 6.42 Å². The molecule has 2 nitrogen and oxygen atoms in total. The number of hydrogen-bond acceptors (Lipinski definition) is 2. The first-order valence-electron chi connectivity index (χ1n) is 5.14. The summed E-state index contributed by atoms with van der Waals surface area (Å²) in [7, 11) is 0. The van der Waals surface area contributed by atoms with Crippen LogP contribution in [0.4, 0.5) is 13.2 Å². The fourth-order valence-electron chi connectivity index (χ4n) is 1.53. The fraction of sp³-hybridized carbons (Fsp3) is 0.0769. The first-order chi connectivity index (χ1) is 8.58. The van der Waals surface area contributed by atoms with Gasteiger partial charge in [-0.3, -0.25) is 9.78 Å². The van der Waals surface area contributed by atoms with Crippen LogP contribution in [0.15, 0.2) is 36.7 Å². The monoisotopic (exact) mass is 251 g/mol. The molecule has 18 heavy (non-hydrogen) atoms. The van der Waals surface area contributed by atoms with Crippen molar-refractivity contribution in [2.24, 2.45) is 0 Å². The number of halogens is 3. The van der Waals surface area contributed by atoms with Crippen LogP contribution in [0.2, 0.25) is 0 Å². The zero-order valence-corrected chi connectivity index (χ0v) is 9.16. The third-order valence-corrected chi connectivity index (χ3v) is 2.43. The van der Waals surface area contributed by atoms with E-state index < -0.39 is 29.7 Å². The van der Waals surface area contributed by atoms with E-state index in [0.717, 1.165) is 30.6 Å². The second kappa shape index (κ2) is 5.00. The van der Waals surface area contributed by atoms with Crippen LogP contribution in [0, 0.1) is 17.5 Å². The van der Waals surface area contributed by atoms with Crippen LogP contribution in [0.3, 0.4) is 0 Å². The molecule has 92 valence electrons. The average molecular weight is 251 g/mol. The van der Waals surface area contributed by atoms with Gasteiger partial charge in [-0.05, 0) is 18.2 Å². The molecule has 2 rings (SSSR count). The van der Waals surface area contributed by atoms with Crippen LogP contribution in [-0.4, -0.2) is 10.8 Å². The SMILES string of the molecule is O=C(Cc1c(F)cccc1F)c1cncc(F)c1. The lowest BCUT2D eigenvalue weighted by Crippen LogP contribution is -2.08. The number of benzene rings is 1. The van der Waals surface area contributed by atoms with E-state index in [1.807, 2.05) is 0 Å². The molecule has 0 aliphatic rings. The van der Waals surface area contributed by atoms with Gasteiger partial charge in [0.1, 0.15) is 17.5 Å². The van der Waals surface area contributed by atoms with E-state index in [1.54, 1.807) is 0 Å². The Labute approximate surface area is 101 Å². The highest BCUT2D eigenvalue weighted by atomic mass is 19.1. The van der Waals surface area contributed by atoms with E-state index in [9.17, 15) is 18.0 Å². The molecule has 0 saturated heterocycles. The van der Waals surface area contributed by atoms with Crippen LogP contribution in [0.25, 0.3) is 0 Å². The van der Waals surface area contributed by atoms with Crippen LogP contribution >= 0.6 is 0 Å². The topological polar surface area (TPSA) is 30.0 Å². The van der Waals surface area contributed by atoms with Crippen molar-refractivity contribution in [3.8, 4) is 0 Å². The molecular formula is C13H8F3NO. The van der Waals surface area contributed by atoms with E-state index in [2.05, 4.69) is 4.98 Å². The molecule has 0 unspecified atom stereocenters. The summed E-state index contributed by atoms with van der Waals surface area (Å²) in [5.41, 5.74) is -0.343. The van der Waals surface area contributed by atoms with Crippen LogP contribution in [0.1, 0.15) is 15.9 Å². The molecule has 0 fully saturated rings. The normalized spacial score (nSPS) is 10.4. The predicted molar refractivity (Wildman–Crippen MR) is 58.6 cm³/mol. The van der Waals surface area contributed by atoms with Gasteiger partial charge in [-0.25, -0.2) is 13.2 Å². The molecule has 5 heteroatoms. The lowest BCUT2D eigenvalue weighted by Gasteiger charge is -2.04. The van der Waals surface area contributed by atoms with Gasteiger partial charge < -0.3 is 0 Å².